The Kier molecular flexibility index (Phi) is 4.28. The highest BCUT2D eigenvalue weighted by molar-refractivity contribution is 9.10. The van der Waals surface area contributed by atoms with Crippen LogP contribution in [0.15, 0.2) is 28.7 Å². The number of esters is 1. The van der Waals surface area contributed by atoms with Crippen molar-refractivity contribution in [1.29, 1.82) is 5.26 Å². The molecular formula is C14H8BrF3N2O2. The second kappa shape index (κ2) is 5.85. The van der Waals surface area contributed by atoms with E-state index in [1.165, 1.54) is 31.2 Å². The number of hydrogen-bond acceptors (Lipinski definition) is 3. The molecule has 1 N–H and O–H groups in total. The number of nitrogens with one attached hydrogen (secondary N) is 1. The molecule has 0 bridgehead atoms. The van der Waals surface area contributed by atoms with E-state index in [-0.39, 0.29) is 21.5 Å². The normalized spacial score (nSPS) is 11.1. The number of aromatic nitrogens is 1. The smallest absolute Gasteiger partial charge is 0.427 e. The van der Waals surface area contributed by atoms with Crippen LogP contribution in [0.3, 0.4) is 0 Å². The average molecular weight is 373 g/mol. The summed E-state index contributed by atoms with van der Waals surface area (Å²) in [5.74, 6) is -0.246. The third kappa shape index (κ3) is 3.14. The Hall–Kier alpha value is -2.27. The van der Waals surface area contributed by atoms with Gasteiger partial charge in [0.2, 0.25) is 0 Å². The number of carbonyl (C=O) groups is 1. The molecule has 0 saturated carbocycles. The minimum absolute atomic E-state index is 0.0380. The highest BCUT2D eigenvalue weighted by Crippen LogP contribution is 2.40. The maximum atomic E-state index is 12.9. The van der Waals surface area contributed by atoms with E-state index in [9.17, 15) is 18.0 Å². The van der Waals surface area contributed by atoms with E-state index in [1.807, 2.05) is 0 Å². The summed E-state index contributed by atoms with van der Waals surface area (Å²) in [5, 5.41) is 9.08. The van der Waals surface area contributed by atoms with Gasteiger partial charge >= 0.3 is 12.1 Å². The Labute approximate surface area is 131 Å². The third-order valence-corrected chi connectivity index (χ3v) is 3.53. The fourth-order valence-electron chi connectivity index (χ4n) is 1.85. The summed E-state index contributed by atoms with van der Waals surface area (Å²) in [5.41, 5.74) is -0.768. The molecule has 22 heavy (non-hydrogen) atoms. The highest BCUT2D eigenvalue weighted by Gasteiger charge is 2.37. The molecule has 0 unspecified atom stereocenters. The van der Waals surface area contributed by atoms with Gasteiger partial charge in [-0.25, -0.2) is 0 Å². The fraction of sp³-hybridized carbons (Fsp3) is 0.143. The van der Waals surface area contributed by atoms with Crippen molar-refractivity contribution in [3.63, 3.8) is 0 Å². The number of H-pyrrole nitrogens is 1. The first-order valence-corrected chi connectivity index (χ1v) is 6.71. The zero-order chi connectivity index (χ0) is 16.5. The SMILES string of the molecule is CC(=O)Oc1ccc(-c2[nH]c(C(F)(F)F)c(Br)c2C#N)cc1. The van der Waals surface area contributed by atoms with E-state index >= 15 is 0 Å². The molecular weight excluding hydrogens is 365 g/mol. The molecule has 0 aliphatic rings. The van der Waals surface area contributed by atoms with E-state index in [0.717, 1.165) is 0 Å². The number of ether oxygens (including phenoxy) is 1. The number of halogens is 4. The fourth-order valence-corrected chi connectivity index (χ4v) is 2.46. The number of hydrogen-bond donors (Lipinski definition) is 1. The Bertz CT molecular complexity index is 758. The van der Waals surface area contributed by atoms with Crippen LogP contribution in [-0.2, 0) is 11.0 Å². The van der Waals surface area contributed by atoms with Crippen molar-refractivity contribution in [1.82, 2.24) is 4.98 Å². The monoisotopic (exact) mass is 372 g/mol. The van der Waals surface area contributed by atoms with Crippen molar-refractivity contribution >= 4 is 21.9 Å². The average Bonchev–Trinajstić information content (AvgIpc) is 2.75. The Morgan fingerprint density at radius 3 is 2.36 bits per heavy atom. The molecule has 1 aromatic carbocycles. The van der Waals surface area contributed by atoms with Crippen molar-refractivity contribution < 1.29 is 22.7 Å². The summed E-state index contributed by atoms with van der Waals surface area (Å²) < 4.78 is 43.1. The van der Waals surface area contributed by atoms with Crippen molar-refractivity contribution in [2.75, 3.05) is 0 Å². The number of benzene rings is 1. The van der Waals surface area contributed by atoms with Crippen LogP contribution in [-0.4, -0.2) is 11.0 Å². The Balaban J connectivity index is 2.49. The quantitative estimate of drug-likeness (QED) is 0.632. The van der Waals surface area contributed by atoms with Crippen LogP contribution in [0, 0.1) is 11.3 Å². The van der Waals surface area contributed by atoms with E-state index in [1.54, 1.807) is 6.07 Å². The summed E-state index contributed by atoms with van der Waals surface area (Å²) in [6, 6.07) is 7.51. The summed E-state index contributed by atoms with van der Waals surface area (Å²) >= 11 is 2.80. The third-order valence-electron chi connectivity index (χ3n) is 2.74. The van der Waals surface area contributed by atoms with Crippen LogP contribution in [0.25, 0.3) is 11.3 Å². The molecule has 0 aliphatic carbocycles. The van der Waals surface area contributed by atoms with Gasteiger partial charge in [-0.2, -0.15) is 18.4 Å². The molecule has 0 spiro atoms. The van der Waals surface area contributed by atoms with Gasteiger partial charge in [-0.1, -0.05) is 0 Å². The van der Waals surface area contributed by atoms with Gasteiger partial charge in [-0.05, 0) is 45.8 Å². The topological polar surface area (TPSA) is 65.9 Å². The molecule has 114 valence electrons. The molecule has 1 aromatic heterocycles. The number of carbonyl (C=O) groups excluding carboxylic acids is 1. The second-order valence-electron chi connectivity index (χ2n) is 4.29. The van der Waals surface area contributed by atoms with Gasteiger partial charge in [-0.3, -0.25) is 4.79 Å². The van der Waals surface area contributed by atoms with E-state index in [4.69, 9.17) is 10.00 Å². The number of aromatic amines is 1. The molecule has 8 heteroatoms. The number of nitrogens with zero attached hydrogens (tertiary/aromatic N) is 1. The molecule has 2 rings (SSSR count). The summed E-state index contributed by atoms with van der Waals surface area (Å²) in [4.78, 5) is 13.0. The maximum Gasteiger partial charge on any atom is 0.432 e. The zero-order valence-corrected chi connectivity index (χ0v) is 12.7. The van der Waals surface area contributed by atoms with Crippen molar-refractivity contribution in [2.45, 2.75) is 13.1 Å². The van der Waals surface area contributed by atoms with Crippen molar-refractivity contribution in [3.8, 4) is 23.1 Å². The lowest BCUT2D eigenvalue weighted by atomic mass is 10.1. The number of rotatable bonds is 2. The van der Waals surface area contributed by atoms with Crippen LogP contribution in [0.1, 0.15) is 18.2 Å². The highest BCUT2D eigenvalue weighted by atomic mass is 79.9. The molecule has 1 heterocycles. The lowest BCUT2D eigenvalue weighted by Crippen LogP contribution is -2.06. The second-order valence-corrected chi connectivity index (χ2v) is 5.08. The zero-order valence-electron chi connectivity index (χ0n) is 11.1. The largest absolute Gasteiger partial charge is 0.432 e. The summed E-state index contributed by atoms with van der Waals surface area (Å²) in [7, 11) is 0. The predicted molar refractivity (Wildman–Crippen MR) is 75.0 cm³/mol. The minimum atomic E-state index is -4.61. The van der Waals surface area contributed by atoms with Gasteiger partial charge in [0.15, 0.2) is 0 Å². The first kappa shape index (κ1) is 16.1. The Morgan fingerprint density at radius 1 is 1.32 bits per heavy atom. The lowest BCUT2D eigenvalue weighted by molar-refractivity contribution is -0.141. The first-order chi connectivity index (χ1) is 10.2. The first-order valence-electron chi connectivity index (χ1n) is 5.91. The summed E-state index contributed by atoms with van der Waals surface area (Å²) in [6.45, 7) is 1.24. The molecule has 0 radical (unpaired) electrons. The minimum Gasteiger partial charge on any atom is -0.427 e. The molecule has 0 amide bonds. The van der Waals surface area contributed by atoms with E-state index < -0.39 is 17.8 Å². The molecule has 2 aromatic rings. The van der Waals surface area contributed by atoms with Gasteiger partial charge in [0.05, 0.1) is 15.7 Å². The van der Waals surface area contributed by atoms with Gasteiger partial charge in [0, 0.05) is 6.92 Å². The van der Waals surface area contributed by atoms with Crippen LogP contribution < -0.4 is 4.74 Å². The van der Waals surface area contributed by atoms with Gasteiger partial charge in [0.25, 0.3) is 0 Å². The Morgan fingerprint density at radius 2 is 1.91 bits per heavy atom. The standard InChI is InChI=1S/C14H8BrF3N2O2/c1-7(21)22-9-4-2-8(3-5-9)12-10(6-19)11(15)13(20-12)14(16,17)18/h2-5,20H,1H3. The molecule has 4 nitrogen and oxygen atoms in total. The molecule has 0 fully saturated rings. The molecule has 0 saturated heterocycles. The van der Waals surface area contributed by atoms with Crippen LogP contribution >= 0.6 is 15.9 Å². The summed E-state index contributed by atoms with van der Waals surface area (Å²) in [6.07, 6.45) is -4.61. The molecule has 0 aliphatic heterocycles. The van der Waals surface area contributed by atoms with Crippen LogP contribution in [0.2, 0.25) is 0 Å². The van der Waals surface area contributed by atoms with Crippen molar-refractivity contribution in [3.05, 3.63) is 40.0 Å². The van der Waals surface area contributed by atoms with Crippen LogP contribution in [0.5, 0.6) is 5.75 Å². The maximum absolute atomic E-state index is 12.9. The van der Waals surface area contributed by atoms with Gasteiger partial charge in [-0.15, -0.1) is 0 Å². The van der Waals surface area contributed by atoms with Crippen LogP contribution in [0.4, 0.5) is 13.2 Å². The predicted octanol–water partition coefficient (Wildman–Crippen LogP) is 4.26. The molecule has 0 atom stereocenters. The number of nitriles is 1. The number of alkyl halides is 3. The van der Waals surface area contributed by atoms with Gasteiger partial charge in [0.1, 0.15) is 17.5 Å². The van der Waals surface area contributed by atoms with E-state index in [2.05, 4.69) is 20.9 Å². The van der Waals surface area contributed by atoms with E-state index in [0.29, 0.717) is 5.56 Å². The van der Waals surface area contributed by atoms with Gasteiger partial charge < -0.3 is 9.72 Å². The van der Waals surface area contributed by atoms with Crippen molar-refractivity contribution in [2.24, 2.45) is 0 Å². The lowest BCUT2D eigenvalue weighted by Gasteiger charge is -2.04.